The molecule has 5 N–H and O–H groups in total. The third kappa shape index (κ3) is 5.43. The number of hydrogen-bond acceptors (Lipinski definition) is 7. The van der Waals surface area contributed by atoms with E-state index >= 15 is 0 Å². The van der Waals surface area contributed by atoms with Gasteiger partial charge in [-0.05, 0) is 48.7 Å². The van der Waals surface area contributed by atoms with Crippen LogP contribution < -0.4 is 21.6 Å². The first-order valence-electron chi connectivity index (χ1n) is 12.9. The summed E-state index contributed by atoms with van der Waals surface area (Å²) in [5.41, 5.74) is 9.34. The molecule has 3 heterocycles. The van der Waals surface area contributed by atoms with Crippen molar-refractivity contribution in [2.24, 2.45) is 5.73 Å². The van der Waals surface area contributed by atoms with Gasteiger partial charge in [-0.15, -0.1) is 0 Å². The van der Waals surface area contributed by atoms with Crippen molar-refractivity contribution in [1.82, 2.24) is 19.5 Å². The Hall–Kier alpha value is -4.96. The molecule has 0 aliphatic carbocycles. The number of aromatic nitrogens is 3. The van der Waals surface area contributed by atoms with Crippen LogP contribution in [0.5, 0.6) is 5.75 Å². The van der Waals surface area contributed by atoms with E-state index in [0.29, 0.717) is 40.8 Å². The lowest BCUT2D eigenvalue weighted by Crippen LogP contribution is -2.30. The molecule has 2 aromatic carbocycles. The summed E-state index contributed by atoms with van der Waals surface area (Å²) in [7, 11) is 1.54. The van der Waals surface area contributed by atoms with E-state index < -0.39 is 5.91 Å². The zero-order chi connectivity index (χ0) is 28.2. The van der Waals surface area contributed by atoms with E-state index in [-0.39, 0.29) is 17.6 Å². The van der Waals surface area contributed by atoms with Gasteiger partial charge in [-0.1, -0.05) is 49.0 Å². The fourth-order valence-electron chi connectivity index (χ4n) is 5.01. The molecule has 0 radical (unpaired) electrons. The number of ether oxygens (including phenoxy) is 1. The SMILES string of the molecule is C=C(CN1CCC[C@H]1c1nc(-c2ccc(C(=O)Nc3cc(OC)ccn3)cc2)c(C(N)=O)n1N)c1ccccc1. The standard InChI is InChI=1S/C30H31N7O3/c1-19(20-7-4-3-5-8-20)18-36-16-6-9-24(36)29-35-26(27(28(31)38)37(29)32)21-10-12-22(13-11-21)30(39)34-25-17-23(40-2)14-15-33-25/h3-5,7-8,10-15,17,24H,1,6,9,16,18,32H2,2H3,(H2,31,38)(H,33,34,39)/t24-/m0/s1. The van der Waals surface area contributed by atoms with Crippen molar-refractivity contribution in [1.29, 1.82) is 0 Å². The molecular weight excluding hydrogens is 506 g/mol. The zero-order valence-corrected chi connectivity index (χ0v) is 22.2. The number of carbonyl (C=O) groups is 2. The Morgan fingerprint density at radius 1 is 1.10 bits per heavy atom. The number of rotatable bonds is 9. The number of benzene rings is 2. The third-order valence-electron chi connectivity index (χ3n) is 7.04. The Kier molecular flexibility index (Phi) is 7.61. The molecule has 1 atom stereocenters. The summed E-state index contributed by atoms with van der Waals surface area (Å²) < 4.78 is 6.48. The van der Waals surface area contributed by atoms with Gasteiger partial charge in [-0.2, -0.15) is 0 Å². The summed E-state index contributed by atoms with van der Waals surface area (Å²) in [4.78, 5) is 36.5. The number of methoxy groups -OCH3 is 1. The van der Waals surface area contributed by atoms with Crippen LogP contribution >= 0.6 is 0 Å². The van der Waals surface area contributed by atoms with E-state index in [9.17, 15) is 9.59 Å². The molecule has 204 valence electrons. The number of amides is 2. The molecule has 10 heteroatoms. The molecule has 0 spiro atoms. The van der Waals surface area contributed by atoms with Gasteiger partial charge in [0.05, 0.1) is 13.2 Å². The van der Waals surface area contributed by atoms with E-state index in [0.717, 1.165) is 30.5 Å². The Labute approximate surface area is 232 Å². The first kappa shape index (κ1) is 26.6. The number of carbonyl (C=O) groups excluding carboxylic acids is 2. The smallest absolute Gasteiger partial charge is 0.269 e. The lowest BCUT2D eigenvalue weighted by atomic mass is 10.1. The van der Waals surface area contributed by atoms with Crippen LogP contribution in [0.15, 0.2) is 79.5 Å². The minimum Gasteiger partial charge on any atom is -0.497 e. The topological polar surface area (TPSA) is 141 Å². The van der Waals surface area contributed by atoms with E-state index in [2.05, 4.69) is 21.8 Å². The summed E-state index contributed by atoms with van der Waals surface area (Å²) in [6, 6.07) is 20.0. The number of likely N-dealkylation sites (tertiary alicyclic amines) is 1. The fraction of sp³-hybridized carbons (Fsp3) is 0.200. The molecule has 1 fully saturated rings. The van der Waals surface area contributed by atoms with E-state index in [1.54, 1.807) is 49.7 Å². The van der Waals surface area contributed by atoms with Crippen molar-refractivity contribution in [2.75, 3.05) is 31.4 Å². The van der Waals surface area contributed by atoms with Crippen molar-refractivity contribution in [3.63, 3.8) is 0 Å². The first-order valence-corrected chi connectivity index (χ1v) is 12.9. The normalized spacial score (nSPS) is 15.1. The fourth-order valence-corrected chi connectivity index (χ4v) is 5.01. The van der Waals surface area contributed by atoms with Crippen molar-refractivity contribution in [3.05, 3.63) is 102 Å². The van der Waals surface area contributed by atoms with E-state index in [1.165, 1.54) is 4.68 Å². The van der Waals surface area contributed by atoms with Gasteiger partial charge < -0.3 is 21.6 Å². The average Bonchev–Trinajstić information content (AvgIpc) is 3.57. The highest BCUT2D eigenvalue weighted by atomic mass is 16.5. The molecule has 2 aromatic heterocycles. The van der Waals surface area contributed by atoms with Crippen LogP contribution in [0.3, 0.4) is 0 Å². The van der Waals surface area contributed by atoms with Crippen molar-refractivity contribution >= 4 is 23.2 Å². The number of nitrogen functional groups attached to an aromatic ring is 1. The highest BCUT2D eigenvalue weighted by Crippen LogP contribution is 2.35. The Morgan fingerprint density at radius 2 is 1.85 bits per heavy atom. The molecule has 2 amide bonds. The largest absolute Gasteiger partial charge is 0.497 e. The summed E-state index contributed by atoms with van der Waals surface area (Å²) in [6.07, 6.45) is 3.35. The van der Waals surface area contributed by atoms with Gasteiger partial charge in [-0.3, -0.25) is 14.5 Å². The quantitative estimate of drug-likeness (QED) is 0.275. The van der Waals surface area contributed by atoms with Gasteiger partial charge in [0, 0.05) is 29.9 Å². The molecule has 0 unspecified atom stereocenters. The second-order valence-electron chi connectivity index (χ2n) is 9.61. The van der Waals surface area contributed by atoms with Gasteiger partial charge in [0.25, 0.3) is 11.8 Å². The van der Waals surface area contributed by atoms with Crippen LogP contribution in [-0.2, 0) is 0 Å². The molecule has 0 bridgehead atoms. The molecule has 40 heavy (non-hydrogen) atoms. The van der Waals surface area contributed by atoms with Gasteiger partial charge in [0.15, 0.2) is 5.69 Å². The number of primary amides is 1. The Bertz CT molecular complexity index is 1550. The lowest BCUT2D eigenvalue weighted by Gasteiger charge is -2.25. The molecule has 0 saturated carbocycles. The molecule has 5 rings (SSSR count). The minimum absolute atomic E-state index is 0.0993. The number of hydrogen-bond donors (Lipinski definition) is 3. The van der Waals surface area contributed by atoms with Crippen LogP contribution in [0.4, 0.5) is 5.82 Å². The maximum absolute atomic E-state index is 12.8. The number of anilines is 1. The number of pyridine rings is 1. The number of nitrogens with two attached hydrogens (primary N) is 2. The van der Waals surface area contributed by atoms with Gasteiger partial charge in [0.1, 0.15) is 23.1 Å². The van der Waals surface area contributed by atoms with Gasteiger partial charge >= 0.3 is 0 Å². The molecule has 1 saturated heterocycles. The van der Waals surface area contributed by atoms with E-state index in [4.69, 9.17) is 21.3 Å². The average molecular weight is 538 g/mol. The lowest BCUT2D eigenvalue weighted by molar-refractivity contribution is 0.0991. The van der Waals surface area contributed by atoms with Crippen LogP contribution in [0.25, 0.3) is 16.8 Å². The number of nitrogens with one attached hydrogen (secondary N) is 1. The minimum atomic E-state index is -0.680. The van der Waals surface area contributed by atoms with Crippen LogP contribution in [0.2, 0.25) is 0 Å². The van der Waals surface area contributed by atoms with Crippen LogP contribution in [0, 0.1) is 0 Å². The molecular formula is C30H31N7O3. The van der Waals surface area contributed by atoms with E-state index in [1.807, 2.05) is 30.3 Å². The molecule has 4 aromatic rings. The summed E-state index contributed by atoms with van der Waals surface area (Å²) in [5, 5.41) is 2.75. The second-order valence-corrected chi connectivity index (χ2v) is 9.61. The van der Waals surface area contributed by atoms with Crippen LogP contribution in [-0.4, -0.2) is 51.6 Å². The summed E-state index contributed by atoms with van der Waals surface area (Å²) in [5.74, 6) is 6.93. The highest BCUT2D eigenvalue weighted by molar-refractivity contribution is 6.04. The third-order valence-corrected chi connectivity index (χ3v) is 7.04. The Morgan fingerprint density at radius 3 is 2.55 bits per heavy atom. The Balaban J connectivity index is 1.38. The van der Waals surface area contributed by atoms with Gasteiger partial charge in [0.2, 0.25) is 0 Å². The summed E-state index contributed by atoms with van der Waals surface area (Å²) >= 11 is 0. The highest BCUT2D eigenvalue weighted by Gasteiger charge is 2.33. The maximum Gasteiger partial charge on any atom is 0.269 e. The molecule has 1 aliphatic heterocycles. The van der Waals surface area contributed by atoms with Crippen molar-refractivity contribution in [2.45, 2.75) is 18.9 Å². The zero-order valence-electron chi connectivity index (χ0n) is 22.2. The molecule has 10 nitrogen and oxygen atoms in total. The maximum atomic E-state index is 12.8. The van der Waals surface area contributed by atoms with Gasteiger partial charge in [-0.25, -0.2) is 14.6 Å². The number of nitrogens with zero attached hydrogens (tertiary/aromatic N) is 4. The monoisotopic (exact) mass is 537 g/mol. The van der Waals surface area contributed by atoms with Crippen molar-refractivity contribution in [3.8, 4) is 17.0 Å². The second kappa shape index (κ2) is 11.4. The predicted molar refractivity (Wildman–Crippen MR) is 154 cm³/mol. The van der Waals surface area contributed by atoms with Crippen molar-refractivity contribution < 1.29 is 14.3 Å². The molecule has 1 aliphatic rings. The first-order chi connectivity index (χ1) is 19.4. The predicted octanol–water partition coefficient (Wildman–Crippen LogP) is 3.87. The summed E-state index contributed by atoms with van der Waals surface area (Å²) in [6.45, 7) is 5.78. The van der Waals surface area contributed by atoms with Crippen LogP contribution in [0.1, 0.15) is 51.1 Å². The number of imidazole rings is 1.